The van der Waals surface area contributed by atoms with E-state index in [1.54, 1.807) is 60.9 Å². The van der Waals surface area contributed by atoms with Crippen LogP contribution in [0.5, 0.6) is 17.2 Å². The van der Waals surface area contributed by atoms with Crippen LogP contribution < -0.4 is 14.2 Å². The van der Waals surface area contributed by atoms with Crippen molar-refractivity contribution in [2.45, 2.75) is 12.6 Å². The fourth-order valence-electron chi connectivity index (χ4n) is 4.01. The number of ether oxygens (including phenoxy) is 3. The highest BCUT2D eigenvalue weighted by Crippen LogP contribution is 2.42. The minimum atomic E-state index is -0.845. The predicted molar refractivity (Wildman–Crippen MR) is 125 cm³/mol. The van der Waals surface area contributed by atoms with Crippen molar-refractivity contribution < 1.29 is 28.9 Å². The SMILES string of the molecule is COc1ccc(C(O)=C2C(=O)C(=O)N(Cc3cccnc3)[C@@H]2c2ccc(OC)c(OC)c2)cc1. The average Bonchev–Trinajstić information content (AvgIpc) is 3.13. The number of Topliss-reactive ketones (excluding diaryl/α,β-unsaturated/α-hetero) is 1. The highest BCUT2D eigenvalue weighted by Gasteiger charge is 2.46. The normalized spacial score (nSPS) is 17.0. The van der Waals surface area contributed by atoms with Crippen molar-refractivity contribution in [3.8, 4) is 17.2 Å². The number of aromatic nitrogens is 1. The molecule has 1 amide bonds. The quantitative estimate of drug-likeness (QED) is 0.326. The van der Waals surface area contributed by atoms with Gasteiger partial charge in [0.2, 0.25) is 0 Å². The lowest BCUT2D eigenvalue weighted by Gasteiger charge is -2.26. The fourth-order valence-corrected chi connectivity index (χ4v) is 4.01. The molecule has 1 aromatic heterocycles. The number of hydrogen-bond acceptors (Lipinski definition) is 7. The molecule has 0 bridgehead atoms. The Kier molecular flexibility index (Phi) is 6.49. The van der Waals surface area contributed by atoms with Crippen molar-refractivity contribution in [2.24, 2.45) is 0 Å². The van der Waals surface area contributed by atoms with Crippen LogP contribution in [-0.2, 0) is 16.1 Å². The van der Waals surface area contributed by atoms with Crippen LogP contribution in [0.3, 0.4) is 0 Å². The number of hydrogen-bond donors (Lipinski definition) is 1. The summed E-state index contributed by atoms with van der Waals surface area (Å²) in [5.41, 5.74) is 1.73. The number of likely N-dealkylation sites (tertiary alicyclic amines) is 1. The molecule has 0 spiro atoms. The van der Waals surface area contributed by atoms with Gasteiger partial charge in [-0.1, -0.05) is 12.1 Å². The molecule has 1 atom stereocenters. The third-order valence-corrected chi connectivity index (χ3v) is 5.70. The van der Waals surface area contributed by atoms with Crippen LogP contribution in [0.15, 0.2) is 72.6 Å². The van der Waals surface area contributed by atoms with Gasteiger partial charge in [-0.15, -0.1) is 0 Å². The lowest BCUT2D eigenvalue weighted by Crippen LogP contribution is -2.29. The van der Waals surface area contributed by atoms with Crippen LogP contribution in [-0.4, -0.2) is 48.0 Å². The molecule has 0 aliphatic carbocycles. The van der Waals surface area contributed by atoms with Crippen molar-refractivity contribution in [3.63, 3.8) is 0 Å². The second kappa shape index (κ2) is 9.66. The number of pyridine rings is 1. The number of methoxy groups -OCH3 is 3. The van der Waals surface area contributed by atoms with Crippen LogP contribution in [0.25, 0.3) is 5.76 Å². The van der Waals surface area contributed by atoms with E-state index in [2.05, 4.69) is 4.98 Å². The molecule has 1 saturated heterocycles. The number of carbonyl (C=O) groups is 2. The molecule has 0 radical (unpaired) electrons. The largest absolute Gasteiger partial charge is 0.507 e. The number of benzene rings is 2. The summed E-state index contributed by atoms with van der Waals surface area (Å²) in [7, 11) is 4.57. The highest BCUT2D eigenvalue weighted by atomic mass is 16.5. The van der Waals surface area contributed by atoms with Crippen molar-refractivity contribution in [3.05, 3.63) is 89.3 Å². The van der Waals surface area contributed by atoms with Gasteiger partial charge in [0.25, 0.3) is 11.7 Å². The standard InChI is InChI=1S/C26H24N2O6/c1-32-19-9-6-17(7-10-19)24(29)22-23(18-8-11-20(33-2)21(13-18)34-3)28(26(31)25(22)30)15-16-5-4-12-27-14-16/h4-14,23,29H,15H2,1-3H3/t23-/m1/s1. The fraction of sp³-hybridized carbons (Fsp3) is 0.192. The van der Waals surface area contributed by atoms with Gasteiger partial charge in [0.15, 0.2) is 11.5 Å². The summed E-state index contributed by atoms with van der Waals surface area (Å²) >= 11 is 0. The number of ketones is 1. The summed E-state index contributed by atoms with van der Waals surface area (Å²) in [6.45, 7) is 0.136. The number of rotatable bonds is 7. The Morgan fingerprint density at radius 2 is 1.71 bits per heavy atom. The van der Waals surface area contributed by atoms with E-state index in [0.717, 1.165) is 5.56 Å². The lowest BCUT2D eigenvalue weighted by molar-refractivity contribution is -0.140. The Morgan fingerprint density at radius 1 is 0.971 bits per heavy atom. The molecule has 2 heterocycles. The molecule has 1 fully saturated rings. The van der Waals surface area contributed by atoms with E-state index in [1.165, 1.54) is 26.2 Å². The van der Waals surface area contributed by atoms with Crippen LogP contribution in [0.1, 0.15) is 22.7 Å². The van der Waals surface area contributed by atoms with E-state index < -0.39 is 17.7 Å². The van der Waals surface area contributed by atoms with Gasteiger partial charge in [-0.2, -0.15) is 0 Å². The maximum atomic E-state index is 13.2. The molecule has 1 aliphatic heterocycles. The highest BCUT2D eigenvalue weighted by molar-refractivity contribution is 6.46. The second-order valence-electron chi connectivity index (χ2n) is 7.63. The molecule has 8 heteroatoms. The van der Waals surface area contributed by atoms with Crippen LogP contribution in [0, 0.1) is 0 Å². The first-order chi connectivity index (χ1) is 16.5. The number of carbonyl (C=O) groups excluding carboxylic acids is 2. The molecular weight excluding hydrogens is 436 g/mol. The first-order valence-corrected chi connectivity index (χ1v) is 10.5. The summed E-state index contributed by atoms with van der Waals surface area (Å²) in [6.07, 6.45) is 3.27. The van der Waals surface area contributed by atoms with Gasteiger partial charge < -0.3 is 24.2 Å². The van der Waals surface area contributed by atoms with E-state index in [4.69, 9.17) is 14.2 Å². The Hall–Kier alpha value is -4.33. The molecule has 8 nitrogen and oxygen atoms in total. The third-order valence-electron chi connectivity index (χ3n) is 5.70. The van der Waals surface area contributed by atoms with Crippen molar-refractivity contribution in [1.29, 1.82) is 0 Å². The van der Waals surface area contributed by atoms with Gasteiger partial charge in [0.05, 0.1) is 32.9 Å². The maximum absolute atomic E-state index is 13.2. The minimum Gasteiger partial charge on any atom is -0.507 e. The second-order valence-corrected chi connectivity index (χ2v) is 7.63. The van der Waals surface area contributed by atoms with Crippen LogP contribution >= 0.6 is 0 Å². The number of nitrogens with zero attached hydrogens (tertiary/aromatic N) is 2. The molecular formula is C26H24N2O6. The number of amides is 1. The molecule has 0 unspecified atom stereocenters. The summed E-state index contributed by atoms with van der Waals surface area (Å²) in [4.78, 5) is 31.9. The summed E-state index contributed by atoms with van der Waals surface area (Å²) in [5, 5.41) is 11.2. The zero-order valence-corrected chi connectivity index (χ0v) is 19.0. The first kappa shape index (κ1) is 22.8. The van der Waals surface area contributed by atoms with E-state index in [-0.39, 0.29) is 17.9 Å². The average molecular weight is 460 g/mol. The Bertz CT molecular complexity index is 1240. The molecule has 0 saturated carbocycles. The van der Waals surface area contributed by atoms with Gasteiger partial charge >= 0.3 is 0 Å². The van der Waals surface area contributed by atoms with E-state index >= 15 is 0 Å². The smallest absolute Gasteiger partial charge is 0.295 e. The number of aliphatic hydroxyl groups is 1. The van der Waals surface area contributed by atoms with Crippen LogP contribution in [0.2, 0.25) is 0 Å². The summed E-state index contributed by atoms with van der Waals surface area (Å²) < 4.78 is 15.9. The van der Waals surface area contributed by atoms with Gasteiger partial charge in [-0.05, 0) is 53.6 Å². The van der Waals surface area contributed by atoms with Gasteiger partial charge in [-0.3, -0.25) is 14.6 Å². The molecule has 34 heavy (non-hydrogen) atoms. The number of aliphatic hydroxyl groups excluding tert-OH is 1. The summed E-state index contributed by atoms with van der Waals surface area (Å²) in [6, 6.07) is 14.5. The molecule has 1 aliphatic rings. The topological polar surface area (TPSA) is 98.2 Å². The molecule has 3 aromatic rings. The van der Waals surface area contributed by atoms with Crippen molar-refractivity contribution in [1.82, 2.24) is 9.88 Å². The van der Waals surface area contributed by atoms with E-state index in [9.17, 15) is 14.7 Å². The Labute approximate surface area is 197 Å². The van der Waals surface area contributed by atoms with E-state index in [1.807, 2.05) is 6.07 Å². The van der Waals surface area contributed by atoms with Gasteiger partial charge in [-0.25, -0.2) is 0 Å². The van der Waals surface area contributed by atoms with Crippen molar-refractivity contribution >= 4 is 17.4 Å². The van der Waals surface area contributed by atoms with Gasteiger partial charge in [0.1, 0.15) is 11.5 Å². The Morgan fingerprint density at radius 3 is 2.32 bits per heavy atom. The molecule has 1 N–H and O–H groups in total. The maximum Gasteiger partial charge on any atom is 0.295 e. The molecule has 174 valence electrons. The molecule has 4 rings (SSSR count). The Balaban J connectivity index is 1.87. The first-order valence-electron chi connectivity index (χ1n) is 10.5. The summed E-state index contributed by atoms with van der Waals surface area (Å²) in [5.74, 6) is -0.197. The zero-order valence-electron chi connectivity index (χ0n) is 19.0. The third kappa shape index (κ3) is 4.17. The molecule has 2 aromatic carbocycles. The minimum absolute atomic E-state index is 0.00808. The monoisotopic (exact) mass is 460 g/mol. The zero-order chi connectivity index (χ0) is 24.2. The van der Waals surface area contributed by atoms with Crippen LogP contribution in [0.4, 0.5) is 0 Å². The van der Waals surface area contributed by atoms with Crippen molar-refractivity contribution in [2.75, 3.05) is 21.3 Å². The predicted octanol–water partition coefficient (Wildman–Crippen LogP) is 3.73. The lowest BCUT2D eigenvalue weighted by atomic mass is 9.94. The van der Waals surface area contributed by atoms with E-state index in [0.29, 0.717) is 28.4 Å². The van der Waals surface area contributed by atoms with Gasteiger partial charge in [0, 0.05) is 24.5 Å².